The Morgan fingerprint density at radius 1 is 1.28 bits per heavy atom. The number of hydrogen-bond donors (Lipinski definition) is 0. The van der Waals surface area contributed by atoms with Crippen molar-refractivity contribution in [1.82, 2.24) is 14.5 Å². The molecule has 3 heterocycles. The van der Waals surface area contributed by atoms with Gasteiger partial charge in [0, 0.05) is 16.1 Å². The van der Waals surface area contributed by atoms with Crippen molar-refractivity contribution in [3.63, 3.8) is 0 Å². The summed E-state index contributed by atoms with van der Waals surface area (Å²) in [5.74, 6) is -1.17. The number of ether oxygens (including phenoxy) is 1. The average molecular weight is 406 g/mol. The number of aromatic nitrogens is 3. The van der Waals surface area contributed by atoms with E-state index in [1.54, 1.807) is 19.2 Å². The summed E-state index contributed by atoms with van der Waals surface area (Å²) >= 11 is 3.32. The molecule has 8 heteroatoms. The van der Waals surface area contributed by atoms with E-state index < -0.39 is 17.3 Å². The lowest BCUT2D eigenvalue weighted by Gasteiger charge is -2.12. The molecule has 0 aromatic carbocycles. The fourth-order valence-electron chi connectivity index (χ4n) is 2.40. The SMILES string of the molecule is CCOC(=O)c1cc2cc(Br)cnc2n(Cc2ccc(F)cn2)c1=O. The van der Waals surface area contributed by atoms with Crippen LogP contribution in [0.25, 0.3) is 11.0 Å². The molecule has 0 atom stereocenters. The Hall–Kier alpha value is -2.61. The van der Waals surface area contributed by atoms with Crippen molar-refractivity contribution in [2.45, 2.75) is 13.5 Å². The maximum atomic E-state index is 13.0. The van der Waals surface area contributed by atoms with Gasteiger partial charge >= 0.3 is 5.97 Å². The van der Waals surface area contributed by atoms with Crippen LogP contribution >= 0.6 is 15.9 Å². The number of carbonyl (C=O) groups excluding carboxylic acids is 1. The first-order valence-electron chi connectivity index (χ1n) is 7.46. The second-order valence-electron chi connectivity index (χ2n) is 5.20. The predicted octanol–water partition coefficient (Wildman–Crippen LogP) is 2.92. The summed E-state index contributed by atoms with van der Waals surface area (Å²) in [5.41, 5.74) is 0.242. The fraction of sp³-hybridized carbons (Fsp3) is 0.176. The lowest BCUT2D eigenvalue weighted by molar-refractivity contribution is 0.0524. The quantitative estimate of drug-likeness (QED) is 0.623. The summed E-state index contributed by atoms with van der Waals surface area (Å²) in [5, 5.41) is 0.596. The molecule has 128 valence electrons. The number of esters is 1. The third-order valence-corrected chi connectivity index (χ3v) is 3.93. The molecule has 3 aromatic heterocycles. The van der Waals surface area contributed by atoms with E-state index in [0.29, 0.717) is 21.2 Å². The Morgan fingerprint density at radius 3 is 2.76 bits per heavy atom. The smallest absolute Gasteiger partial charge is 0.343 e. The molecular weight excluding hydrogens is 393 g/mol. The third kappa shape index (κ3) is 3.58. The zero-order valence-corrected chi connectivity index (χ0v) is 14.8. The second kappa shape index (κ2) is 7.10. The molecule has 3 rings (SSSR count). The number of carbonyl (C=O) groups is 1. The molecule has 25 heavy (non-hydrogen) atoms. The standard InChI is InChI=1S/C17H13BrFN3O3/c1-2-25-17(24)14-6-10-5-11(18)7-21-15(10)22(16(14)23)9-13-4-3-12(19)8-20-13/h3-8H,2,9H2,1H3. The van der Waals surface area contributed by atoms with Crippen molar-refractivity contribution in [1.29, 1.82) is 0 Å². The molecule has 0 fully saturated rings. The topological polar surface area (TPSA) is 74.1 Å². The van der Waals surface area contributed by atoms with E-state index in [9.17, 15) is 14.0 Å². The third-order valence-electron chi connectivity index (χ3n) is 3.50. The molecule has 0 spiro atoms. The first-order chi connectivity index (χ1) is 12.0. The summed E-state index contributed by atoms with van der Waals surface area (Å²) in [6, 6.07) is 5.94. The van der Waals surface area contributed by atoms with Crippen molar-refractivity contribution in [3.8, 4) is 0 Å². The number of pyridine rings is 3. The van der Waals surface area contributed by atoms with Crippen LogP contribution in [0, 0.1) is 5.82 Å². The number of hydrogen-bond acceptors (Lipinski definition) is 5. The Morgan fingerprint density at radius 2 is 2.08 bits per heavy atom. The largest absolute Gasteiger partial charge is 0.462 e. The van der Waals surface area contributed by atoms with E-state index in [2.05, 4.69) is 25.9 Å². The zero-order valence-electron chi connectivity index (χ0n) is 13.2. The predicted molar refractivity (Wildman–Crippen MR) is 93.0 cm³/mol. The van der Waals surface area contributed by atoms with E-state index in [0.717, 1.165) is 6.20 Å². The van der Waals surface area contributed by atoms with E-state index in [1.807, 2.05) is 0 Å². The van der Waals surface area contributed by atoms with Crippen LogP contribution in [0.4, 0.5) is 4.39 Å². The van der Waals surface area contributed by atoms with Gasteiger partial charge in [-0.05, 0) is 47.1 Å². The summed E-state index contributed by atoms with van der Waals surface area (Å²) in [4.78, 5) is 33.1. The van der Waals surface area contributed by atoms with Crippen LogP contribution < -0.4 is 5.56 Å². The molecule has 0 aliphatic heterocycles. The van der Waals surface area contributed by atoms with Gasteiger partial charge in [-0.25, -0.2) is 14.2 Å². The van der Waals surface area contributed by atoms with Gasteiger partial charge in [0.05, 0.1) is 25.0 Å². The normalized spacial score (nSPS) is 10.8. The maximum Gasteiger partial charge on any atom is 0.343 e. The molecule has 0 aliphatic carbocycles. The van der Waals surface area contributed by atoms with Crippen LogP contribution in [0.15, 0.2) is 45.9 Å². The first-order valence-corrected chi connectivity index (χ1v) is 8.25. The van der Waals surface area contributed by atoms with Gasteiger partial charge < -0.3 is 4.74 Å². The first kappa shape index (κ1) is 17.2. The summed E-state index contributed by atoms with van der Waals surface area (Å²) in [7, 11) is 0. The van der Waals surface area contributed by atoms with Crippen LogP contribution in [-0.4, -0.2) is 27.1 Å². The molecular formula is C17H13BrFN3O3. The number of rotatable bonds is 4. The second-order valence-corrected chi connectivity index (χ2v) is 6.12. The highest BCUT2D eigenvalue weighted by atomic mass is 79.9. The molecule has 0 aliphatic rings. The van der Waals surface area contributed by atoms with Crippen molar-refractivity contribution in [2.24, 2.45) is 0 Å². The Labute approximate surface area is 150 Å². The Bertz CT molecular complexity index is 1000. The molecule has 0 saturated carbocycles. The Balaban J connectivity index is 2.20. The van der Waals surface area contributed by atoms with Crippen molar-refractivity contribution in [2.75, 3.05) is 6.61 Å². The molecule has 0 N–H and O–H groups in total. The van der Waals surface area contributed by atoms with Gasteiger partial charge in [0.25, 0.3) is 5.56 Å². The molecule has 0 radical (unpaired) electrons. The molecule has 0 amide bonds. The fourth-order valence-corrected chi connectivity index (χ4v) is 2.75. The van der Waals surface area contributed by atoms with Crippen LogP contribution in [0.1, 0.15) is 23.0 Å². The lowest BCUT2D eigenvalue weighted by Crippen LogP contribution is -2.28. The van der Waals surface area contributed by atoms with Gasteiger partial charge in [-0.15, -0.1) is 0 Å². The van der Waals surface area contributed by atoms with Crippen molar-refractivity contribution < 1.29 is 13.9 Å². The molecule has 0 unspecified atom stereocenters. The van der Waals surface area contributed by atoms with Crippen LogP contribution in [0.2, 0.25) is 0 Å². The number of fused-ring (bicyclic) bond motifs is 1. The highest BCUT2D eigenvalue weighted by molar-refractivity contribution is 9.10. The lowest BCUT2D eigenvalue weighted by atomic mass is 10.2. The monoisotopic (exact) mass is 405 g/mol. The van der Waals surface area contributed by atoms with Gasteiger partial charge in [-0.2, -0.15) is 0 Å². The number of nitrogens with zero attached hydrogens (tertiary/aromatic N) is 3. The van der Waals surface area contributed by atoms with Gasteiger partial charge in [0.1, 0.15) is 17.0 Å². The molecule has 3 aromatic rings. The van der Waals surface area contributed by atoms with Gasteiger partial charge in [0.2, 0.25) is 0 Å². The van der Waals surface area contributed by atoms with Crippen LogP contribution in [0.5, 0.6) is 0 Å². The summed E-state index contributed by atoms with van der Waals surface area (Å²) < 4.78 is 20.0. The van der Waals surface area contributed by atoms with Crippen LogP contribution in [0.3, 0.4) is 0 Å². The molecule has 0 bridgehead atoms. The highest BCUT2D eigenvalue weighted by Crippen LogP contribution is 2.18. The number of halogens is 2. The van der Waals surface area contributed by atoms with Gasteiger partial charge in [0.15, 0.2) is 0 Å². The molecule has 0 saturated heterocycles. The van der Waals surface area contributed by atoms with Gasteiger partial charge in [-0.3, -0.25) is 14.3 Å². The van der Waals surface area contributed by atoms with Crippen molar-refractivity contribution >= 4 is 32.9 Å². The molecule has 6 nitrogen and oxygen atoms in total. The minimum Gasteiger partial charge on any atom is -0.462 e. The van der Waals surface area contributed by atoms with Crippen molar-refractivity contribution in [3.05, 3.63) is 68.6 Å². The van der Waals surface area contributed by atoms with Gasteiger partial charge in [-0.1, -0.05) is 0 Å². The minimum absolute atomic E-state index is 0.0531. The maximum absolute atomic E-state index is 13.0. The van der Waals surface area contributed by atoms with Crippen LogP contribution in [-0.2, 0) is 11.3 Å². The minimum atomic E-state index is -0.699. The van der Waals surface area contributed by atoms with E-state index >= 15 is 0 Å². The summed E-state index contributed by atoms with van der Waals surface area (Å²) in [6.07, 6.45) is 2.63. The highest BCUT2D eigenvalue weighted by Gasteiger charge is 2.18. The zero-order chi connectivity index (χ0) is 18.0. The summed E-state index contributed by atoms with van der Waals surface area (Å²) in [6.45, 7) is 1.88. The Kier molecular flexibility index (Phi) is 4.89. The average Bonchev–Trinajstić information content (AvgIpc) is 2.59. The van der Waals surface area contributed by atoms with E-state index in [1.165, 1.54) is 22.8 Å². The van der Waals surface area contributed by atoms with E-state index in [4.69, 9.17) is 4.74 Å². The van der Waals surface area contributed by atoms with E-state index in [-0.39, 0.29) is 18.7 Å².